The van der Waals surface area contributed by atoms with Crippen LogP contribution in [0.5, 0.6) is 0 Å². The van der Waals surface area contributed by atoms with Gasteiger partial charge in [0.05, 0.1) is 12.1 Å². The van der Waals surface area contributed by atoms with E-state index in [2.05, 4.69) is 10.2 Å². The molecule has 1 fully saturated rings. The minimum absolute atomic E-state index is 0.00726. The first kappa shape index (κ1) is 15.6. The highest BCUT2D eigenvalue weighted by molar-refractivity contribution is 5.97. The average Bonchev–Trinajstić information content (AvgIpc) is 2.47. The molecule has 1 aromatic carbocycles. The van der Waals surface area contributed by atoms with E-state index in [4.69, 9.17) is 0 Å². The van der Waals surface area contributed by atoms with E-state index in [1.165, 1.54) is 19.1 Å². The molecular weight excluding hydrogens is 271 g/mol. The summed E-state index contributed by atoms with van der Waals surface area (Å²) in [7, 11) is 0. The number of hydrogen-bond acceptors (Lipinski definition) is 3. The predicted molar refractivity (Wildman–Crippen MR) is 78.6 cm³/mol. The van der Waals surface area contributed by atoms with Crippen LogP contribution in [-0.4, -0.2) is 42.8 Å². The number of Topliss-reactive ketones (excluding diaryl/α,β-unsaturated/α-hetero) is 1. The number of amides is 1. The van der Waals surface area contributed by atoms with Gasteiger partial charge in [-0.1, -0.05) is 12.1 Å². The zero-order valence-corrected chi connectivity index (χ0v) is 12.3. The molecule has 1 aromatic rings. The van der Waals surface area contributed by atoms with Crippen LogP contribution in [0.4, 0.5) is 4.39 Å². The lowest BCUT2D eigenvalue weighted by Gasteiger charge is -2.31. The molecule has 0 atom stereocenters. The second-order valence-corrected chi connectivity index (χ2v) is 5.56. The summed E-state index contributed by atoms with van der Waals surface area (Å²) in [5.41, 5.74) is 0.165. The number of carbonyl (C=O) groups is 2. The summed E-state index contributed by atoms with van der Waals surface area (Å²) in [4.78, 5) is 25.0. The zero-order chi connectivity index (χ0) is 15.2. The normalized spacial score (nSPS) is 16.7. The Morgan fingerprint density at radius 2 is 1.95 bits per heavy atom. The van der Waals surface area contributed by atoms with Crippen LogP contribution in [0.2, 0.25) is 0 Å². The van der Waals surface area contributed by atoms with Crippen LogP contribution in [0, 0.1) is 11.7 Å². The van der Waals surface area contributed by atoms with Crippen molar-refractivity contribution in [3.8, 4) is 0 Å². The van der Waals surface area contributed by atoms with Gasteiger partial charge in [-0.15, -0.1) is 0 Å². The lowest BCUT2D eigenvalue weighted by Crippen LogP contribution is -2.40. The fraction of sp³-hybridized carbons (Fsp3) is 0.500. The van der Waals surface area contributed by atoms with Crippen LogP contribution in [0.15, 0.2) is 24.3 Å². The van der Waals surface area contributed by atoms with E-state index in [1.807, 2.05) is 0 Å². The minimum atomic E-state index is -0.456. The molecule has 1 aliphatic heterocycles. The monoisotopic (exact) mass is 292 g/mol. The number of benzene rings is 1. The number of nitrogens with one attached hydrogen (secondary N) is 1. The standard InChI is InChI=1S/C16H21FN2O2/c1-12(20)18-10-13-6-8-19(9-7-13)11-16(21)14-4-2-3-5-15(14)17/h2-5,13H,6-11H2,1H3,(H,18,20). The highest BCUT2D eigenvalue weighted by Gasteiger charge is 2.22. The van der Waals surface area contributed by atoms with Gasteiger partial charge in [0.2, 0.25) is 5.91 Å². The molecule has 0 unspecified atom stereocenters. The smallest absolute Gasteiger partial charge is 0.216 e. The van der Waals surface area contributed by atoms with Crippen molar-refractivity contribution in [2.45, 2.75) is 19.8 Å². The number of piperidine rings is 1. The molecule has 4 nitrogen and oxygen atoms in total. The molecule has 5 heteroatoms. The number of likely N-dealkylation sites (tertiary alicyclic amines) is 1. The summed E-state index contributed by atoms with van der Waals surface area (Å²) in [6.07, 6.45) is 1.90. The molecule has 114 valence electrons. The lowest BCUT2D eigenvalue weighted by atomic mass is 9.96. The summed E-state index contributed by atoms with van der Waals surface area (Å²) in [5, 5.41) is 2.83. The predicted octanol–water partition coefficient (Wildman–Crippen LogP) is 1.86. The maximum absolute atomic E-state index is 13.6. The Morgan fingerprint density at radius 3 is 2.57 bits per heavy atom. The van der Waals surface area contributed by atoms with Gasteiger partial charge in [0.15, 0.2) is 5.78 Å². The Labute approximate surface area is 124 Å². The van der Waals surface area contributed by atoms with Crippen molar-refractivity contribution >= 4 is 11.7 Å². The van der Waals surface area contributed by atoms with Crippen LogP contribution < -0.4 is 5.32 Å². The number of hydrogen-bond donors (Lipinski definition) is 1. The van der Waals surface area contributed by atoms with Gasteiger partial charge in [-0.3, -0.25) is 14.5 Å². The van der Waals surface area contributed by atoms with Gasteiger partial charge >= 0.3 is 0 Å². The van der Waals surface area contributed by atoms with E-state index < -0.39 is 5.82 Å². The lowest BCUT2D eigenvalue weighted by molar-refractivity contribution is -0.119. The molecule has 1 N–H and O–H groups in total. The molecule has 0 saturated carbocycles. The Hall–Kier alpha value is -1.75. The fourth-order valence-corrected chi connectivity index (χ4v) is 2.61. The Balaban J connectivity index is 1.80. The van der Waals surface area contributed by atoms with Crippen LogP contribution in [0.3, 0.4) is 0 Å². The molecule has 1 saturated heterocycles. The van der Waals surface area contributed by atoms with E-state index in [0.29, 0.717) is 12.5 Å². The van der Waals surface area contributed by atoms with Gasteiger partial charge in [-0.2, -0.15) is 0 Å². The van der Waals surface area contributed by atoms with E-state index >= 15 is 0 Å². The van der Waals surface area contributed by atoms with Crippen LogP contribution in [0.1, 0.15) is 30.1 Å². The number of nitrogens with zero attached hydrogens (tertiary/aromatic N) is 1. The molecular formula is C16H21FN2O2. The fourth-order valence-electron chi connectivity index (χ4n) is 2.61. The van der Waals surface area contributed by atoms with Crippen molar-refractivity contribution in [1.29, 1.82) is 0 Å². The highest BCUT2D eigenvalue weighted by Crippen LogP contribution is 2.17. The topological polar surface area (TPSA) is 49.4 Å². The first-order valence-electron chi connectivity index (χ1n) is 7.31. The van der Waals surface area contributed by atoms with Gasteiger partial charge in [0, 0.05) is 13.5 Å². The SMILES string of the molecule is CC(=O)NCC1CCN(CC(=O)c2ccccc2F)CC1. The highest BCUT2D eigenvalue weighted by atomic mass is 19.1. The summed E-state index contributed by atoms with van der Waals surface area (Å²) < 4.78 is 13.6. The van der Waals surface area contributed by atoms with Crippen molar-refractivity contribution in [3.05, 3.63) is 35.6 Å². The zero-order valence-electron chi connectivity index (χ0n) is 12.3. The molecule has 2 rings (SSSR count). The van der Waals surface area contributed by atoms with E-state index in [-0.39, 0.29) is 23.8 Å². The maximum atomic E-state index is 13.6. The Bertz CT molecular complexity index is 511. The van der Waals surface area contributed by atoms with Gasteiger partial charge in [0.1, 0.15) is 5.82 Å². The summed E-state index contributed by atoms with van der Waals surface area (Å²) >= 11 is 0. The molecule has 21 heavy (non-hydrogen) atoms. The third-order valence-corrected chi connectivity index (χ3v) is 3.89. The van der Waals surface area contributed by atoms with Crippen molar-refractivity contribution in [2.75, 3.05) is 26.2 Å². The third-order valence-electron chi connectivity index (χ3n) is 3.89. The van der Waals surface area contributed by atoms with Crippen LogP contribution >= 0.6 is 0 Å². The van der Waals surface area contributed by atoms with E-state index in [1.54, 1.807) is 12.1 Å². The number of rotatable bonds is 5. The van der Waals surface area contributed by atoms with Crippen LogP contribution in [0.25, 0.3) is 0 Å². The number of ketones is 1. The number of carbonyl (C=O) groups excluding carboxylic acids is 2. The largest absolute Gasteiger partial charge is 0.356 e. The molecule has 0 bridgehead atoms. The van der Waals surface area contributed by atoms with Crippen molar-refractivity contribution < 1.29 is 14.0 Å². The van der Waals surface area contributed by atoms with Gasteiger partial charge < -0.3 is 5.32 Å². The third kappa shape index (κ3) is 4.63. The molecule has 1 heterocycles. The number of halogens is 1. The quantitative estimate of drug-likeness (QED) is 0.843. The summed E-state index contributed by atoms with van der Waals surface area (Å²) in [6.45, 7) is 4.09. The van der Waals surface area contributed by atoms with Crippen molar-refractivity contribution in [1.82, 2.24) is 10.2 Å². The van der Waals surface area contributed by atoms with Gasteiger partial charge in [-0.25, -0.2) is 4.39 Å². The molecule has 0 aliphatic carbocycles. The minimum Gasteiger partial charge on any atom is -0.356 e. The van der Waals surface area contributed by atoms with Gasteiger partial charge in [-0.05, 0) is 44.0 Å². The maximum Gasteiger partial charge on any atom is 0.216 e. The summed E-state index contributed by atoms with van der Waals surface area (Å²) in [5.74, 6) is -0.169. The molecule has 1 amide bonds. The molecule has 0 radical (unpaired) electrons. The molecule has 1 aliphatic rings. The molecule has 0 aromatic heterocycles. The van der Waals surface area contributed by atoms with Crippen LogP contribution in [-0.2, 0) is 4.79 Å². The Morgan fingerprint density at radius 1 is 1.29 bits per heavy atom. The first-order valence-corrected chi connectivity index (χ1v) is 7.31. The second kappa shape index (κ2) is 7.31. The second-order valence-electron chi connectivity index (χ2n) is 5.56. The molecule has 0 spiro atoms. The first-order chi connectivity index (χ1) is 10.1. The Kier molecular flexibility index (Phi) is 5.44. The van der Waals surface area contributed by atoms with E-state index in [0.717, 1.165) is 25.9 Å². The van der Waals surface area contributed by atoms with E-state index in [9.17, 15) is 14.0 Å². The van der Waals surface area contributed by atoms with Crippen molar-refractivity contribution in [2.24, 2.45) is 5.92 Å². The van der Waals surface area contributed by atoms with Gasteiger partial charge in [0.25, 0.3) is 0 Å². The summed E-state index contributed by atoms with van der Waals surface area (Å²) in [6, 6.07) is 6.10. The average molecular weight is 292 g/mol. The van der Waals surface area contributed by atoms with Crippen molar-refractivity contribution in [3.63, 3.8) is 0 Å².